The maximum absolute atomic E-state index is 13.3. The summed E-state index contributed by atoms with van der Waals surface area (Å²) >= 11 is 12.0. The normalized spacial score (nSPS) is 10.8. The first-order valence-corrected chi connectivity index (χ1v) is 17.2. The van der Waals surface area contributed by atoms with Gasteiger partial charge < -0.3 is 51.6 Å². The molecule has 0 atom stereocenters. The SMILES string of the molecule is CCOc1cc(C(=O)Nc2c[nH]c(C(=O)Nc3c[nH]c(C(=O)Nc4c[nH]c(C(=O)NCCC(=N)N)c4C)c3C)c2C)ccc1N(CCCl)CCCl. The molecule has 0 aliphatic carbocycles. The van der Waals surface area contributed by atoms with Crippen molar-refractivity contribution < 1.29 is 23.9 Å². The average Bonchev–Trinajstić information content (AvgIpc) is 3.76. The van der Waals surface area contributed by atoms with E-state index in [1.165, 1.54) is 18.6 Å². The van der Waals surface area contributed by atoms with E-state index in [-0.39, 0.29) is 35.9 Å². The Morgan fingerprint density at radius 2 is 1.25 bits per heavy atom. The second kappa shape index (κ2) is 17.5. The molecule has 0 radical (unpaired) electrons. The highest BCUT2D eigenvalue weighted by molar-refractivity contribution is 6.18. The molecule has 10 N–H and O–H groups in total. The van der Waals surface area contributed by atoms with Crippen LogP contribution in [0.1, 0.15) is 71.9 Å². The number of hydrogen-bond acceptors (Lipinski definition) is 7. The first kappa shape index (κ1) is 38.4. The topological polar surface area (TPSA) is 226 Å². The van der Waals surface area contributed by atoms with Crippen LogP contribution < -0.4 is 36.6 Å². The summed E-state index contributed by atoms with van der Waals surface area (Å²) in [5.41, 5.74) is 9.87. The number of benzene rings is 1. The fourth-order valence-corrected chi connectivity index (χ4v) is 5.70. The van der Waals surface area contributed by atoms with Gasteiger partial charge in [-0.3, -0.25) is 24.6 Å². The zero-order valence-corrected chi connectivity index (χ0v) is 30.2. The van der Waals surface area contributed by atoms with Crippen LogP contribution >= 0.6 is 23.2 Å². The van der Waals surface area contributed by atoms with E-state index in [1.54, 1.807) is 39.0 Å². The number of amidine groups is 1. The van der Waals surface area contributed by atoms with Crippen LogP contribution in [-0.4, -0.2) is 82.4 Å². The number of carbonyl (C=O) groups is 4. The molecule has 0 unspecified atom stereocenters. The molecule has 272 valence electrons. The Morgan fingerprint density at radius 3 is 1.71 bits per heavy atom. The third-order valence-electron chi connectivity index (χ3n) is 8.10. The lowest BCUT2D eigenvalue weighted by atomic mass is 10.1. The summed E-state index contributed by atoms with van der Waals surface area (Å²) in [6, 6.07) is 5.14. The molecule has 3 heterocycles. The highest BCUT2D eigenvalue weighted by Crippen LogP contribution is 2.31. The summed E-state index contributed by atoms with van der Waals surface area (Å²) < 4.78 is 5.84. The van der Waals surface area contributed by atoms with E-state index in [2.05, 4.69) is 36.2 Å². The predicted octanol–water partition coefficient (Wildman–Crippen LogP) is 5.09. The van der Waals surface area contributed by atoms with Crippen molar-refractivity contribution in [3.05, 3.63) is 76.1 Å². The van der Waals surface area contributed by atoms with E-state index in [9.17, 15) is 19.2 Å². The minimum atomic E-state index is -0.481. The maximum atomic E-state index is 13.3. The van der Waals surface area contributed by atoms with Gasteiger partial charge in [0, 0.05) is 78.7 Å². The Hall–Kier alpha value is -5.41. The van der Waals surface area contributed by atoms with Crippen LogP contribution in [0.25, 0.3) is 0 Å². The van der Waals surface area contributed by atoms with Gasteiger partial charge in [-0.15, -0.1) is 23.2 Å². The molecule has 4 amide bonds. The molecule has 0 aliphatic rings. The number of nitrogens with two attached hydrogens (primary N) is 1. The van der Waals surface area contributed by atoms with Crippen molar-refractivity contribution in [1.29, 1.82) is 5.41 Å². The van der Waals surface area contributed by atoms with Gasteiger partial charge in [-0.2, -0.15) is 0 Å². The van der Waals surface area contributed by atoms with Crippen molar-refractivity contribution >= 4 is 75.4 Å². The fourth-order valence-electron chi connectivity index (χ4n) is 5.29. The maximum Gasteiger partial charge on any atom is 0.272 e. The predicted molar refractivity (Wildman–Crippen MR) is 201 cm³/mol. The molecule has 3 aromatic heterocycles. The smallest absolute Gasteiger partial charge is 0.272 e. The summed E-state index contributed by atoms with van der Waals surface area (Å²) in [4.78, 5) is 62.9. The lowest BCUT2D eigenvalue weighted by Gasteiger charge is -2.25. The molecule has 0 aliphatic heterocycles. The summed E-state index contributed by atoms with van der Waals surface area (Å²) in [5, 5.41) is 18.4. The number of nitrogens with zero attached hydrogens (tertiary/aromatic N) is 1. The van der Waals surface area contributed by atoms with Crippen LogP contribution in [0.3, 0.4) is 0 Å². The molecule has 51 heavy (non-hydrogen) atoms. The Kier molecular flexibility index (Phi) is 13.2. The highest BCUT2D eigenvalue weighted by Gasteiger charge is 2.22. The number of amides is 4. The third kappa shape index (κ3) is 9.23. The van der Waals surface area contributed by atoms with Crippen LogP contribution in [-0.2, 0) is 0 Å². The quantitative estimate of drug-likeness (QED) is 0.0404. The van der Waals surface area contributed by atoms with Gasteiger partial charge in [-0.05, 0) is 45.9 Å². The zero-order chi connectivity index (χ0) is 37.2. The van der Waals surface area contributed by atoms with E-state index < -0.39 is 23.6 Å². The number of hydrogen-bond donors (Lipinski definition) is 9. The van der Waals surface area contributed by atoms with Crippen molar-refractivity contribution in [2.75, 3.05) is 58.9 Å². The van der Waals surface area contributed by atoms with Crippen molar-refractivity contribution in [2.45, 2.75) is 34.1 Å². The monoisotopic (exact) mass is 740 g/mol. The molecule has 0 spiro atoms. The summed E-state index contributed by atoms with van der Waals surface area (Å²) in [5.74, 6) is -0.461. The minimum Gasteiger partial charge on any atom is -0.492 e. The first-order valence-electron chi connectivity index (χ1n) is 16.1. The van der Waals surface area contributed by atoms with Crippen LogP contribution in [0.4, 0.5) is 22.7 Å². The van der Waals surface area contributed by atoms with Gasteiger partial charge in [0.1, 0.15) is 22.8 Å². The van der Waals surface area contributed by atoms with Gasteiger partial charge >= 0.3 is 0 Å². The van der Waals surface area contributed by atoms with Crippen molar-refractivity contribution in [3.8, 4) is 5.75 Å². The third-order valence-corrected chi connectivity index (χ3v) is 8.43. The number of alkyl halides is 2. The van der Waals surface area contributed by atoms with Crippen molar-refractivity contribution in [3.63, 3.8) is 0 Å². The second-order valence-electron chi connectivity index (χ2n) is 11.5. The number of aromatic nitrogens is 3. The molecule has 0 saturated heterocycles. The molecule has 1 aromatic carbocycles. The lowest BCUT2D eigenvalue weighted by molar-refractivity contribution is 0.0947. The van der Waals surface area contributed by atoms with Crippen LogP contribution in [0, 0.1) is 26.2 Å². The number of H-pyrrole nitrogens is 3. The van der Waals surface area contributed by atoms with E-state index in [4.69, 9.17) is 39.1 Å². The Bertz CT molecular complexity index is 1910. The number of halogens is 2. The van der Waals surface area contributed by atoms with Gasteiger partial charge in [0.2, 0.25) is 0 Å². The summed E-state index contributed by atoms with van der Waals surface area (Å²) in [6.07, 6.45) is 4.76. The molecule has 0 bridgehead atoms. The number of anilines is 4. The Balaban J connectivity index is 1.41. The molecule has 0 saturated carbocycles. The molecule has 4 aromatic rings. The molecule has 15 nitrogen and oxygen atoms in total. The first-order chi connectivity index (χ1) is 24.4. The number of carbonyl (C=O) groups excluding carboxylic acids is 4. The number of aromatic amines is 3. The van der Waals surface area contributed by atoms with Gasteiger partial charge in [0.05, 0.1) is 35.2 Å². The minimum absolute atomic E-state index is 0.0372. The number of nitrogens with one attached hydrogen (secondary N) is 8. The Labute approximate surface area is 304 Å². The lowest BCUT2D eigenvalue weighted by Crippen LogP contribution is -2.28. The summed E-state index contributed by atoms with van der Waals surface area (Å²) in [6.45, 7) is 8.64. The average molecular weight is 742 g/mol. The number of ether oxygens (including phenoxy) is 1. The van der Waals surface area contributed by atoms with Crippen molar-refractivity contribution in [1.82, 2.24) is 20.3 Å². The van der Waals surface area contributed by atoms with E-state index in [0.29, 0.717) is 76.5 Å². The van der Waals surface area contributed by atoms with Crippen LogP contribution in [0.5, 0.6) is 5.75 Å². The van der Waals surface area contributed by atoms with Crippen LogP contribution in [0.15, 0.2) is 36.8 Å². The van der Waals surface area contributed by atoms with Gasteiger partial charge in [-0.25, -0.2) is 0 Å². The van der Waals surface area contributed by atoms with E-state index in [0.717, 1.165) is 5.69 Å². The molecular formula is C34H42Cl2N10O5. The van der Waals surface area contributed by atoms with Gasteiger partial charge in [0.15, 0.2) is 0 Å². The molecule has 4 rings (SSSR count). The highest BCUT2D eigenvalue weighted by atomic mass is 35.5. The molecular weight excluding hydrogens is 699 g/mol. The Morgan fingerprint density at radius 1 is 0.784 bits per heavy atom. The van der Waals surface area contributed by atoms with E-state index in [1.807, 2.05) is 11.8 Å². The largest absolute Gasteiger partial charge is 0.492 e. The fraction of sp³-hybridized carbons (Fsp3) is 0.324. The molecule has 17 heteroatoms. The van der Waals surface area contributed by atoms with Gasteiger partial charge in [0.25, 0.3) is 23.6 Å². The van der Waals surface area contributed by atoms with E-state index >= 15 is 0 Å². The van der Waals surface area contributed by atoms with Gasteiger partial charge in [-0.1, -0.05) is 0 Å². The van der Waals surface area contributed by atoms with Crippen LogP contribution in [0.2, 0.25) is 0 Å². The summed E-state index contributed by atoms with van der Waals surface area (Å²) in [7, 11) is 0. The standard InChI is InChI=1S/C34H42Cl2N10O5/c1-5-51-26-14-21(6-7-25(26)46(12-9-35)13-10-36)31(47)43-22-15-41-29(19(22)3)33(49)45-24-17-42-30(20(24)4)34(50)44-23-16-40-28(18(23)2)32(48)39-11-8-27(37)38/h6-7,14-17,40-42H,5,8-13H2,1-4H3,(H3,37,38)(H,39,48)(H,43,47)(H,44,50)(H,45,49). The zero-order valence-electron chi connectivity index (χ0n) is 28.7. The molecule has 0 fully saturated rings. The number of rotatable bonds is 17. The van der Waals surface area contributed by atoms with Crippen molar-refractivity contribution in [2.24, 2.45) is 5.73 Å². The second-order valence-corrected chi connectivity index (χ2v) is 12.2.